The number of methoxy groups -OCH3 is 2. The van der Waals surface area contributed by atoms with Crippen molar-refractivity contribution in [1.82, 2.24) is 15.0 Å². The van der Waals surface area contributed by atoms with Crippen LogP contribution in [0.5, 0.6) is 5.75 Å². The summed E-state index contributed by atoms with van der Waals surface area (Å²) in [5.41, 5.74) is -0.136. The molecule has 0 N–H and O–H groups in total. The van der Waals surface area contributed by atoms with Crippen molar-refractivity contribution in [1.29, 1.82) is 0 Å². The molecule has 0 saturated heterocycles. The smallest absolute Gasteiger partial charge is 0.338 e. The van der Waals surface area contributed by atoms with Gasteiger partial charge in [0.1, 0.15) is 17.8 Å². The lowest BCUT2D eigenvalue weighted by molar-refractivity contribution is -0.135. The second kappa shape index (κ2) is 8.30. The number of carbonyl (C=O) groups is 3. The van der Waals surface area contributed by atoms with Gasteiger partial charge >= 0.3 is 17.9 Å². The molecule has 0 fully saturated rings. The van der Waals surface area contributed by atoms with Crippen molar-refractivity contribution in [2.75, 3.05) is 14.2 Å². The normalized spacial score (nSPS) is 10.4. The van der Waals surface area contributed by atoms with E-state index in [4.69, 9.17) is 4.74 Å². The molecular formula is C19H15N3O7. The first-order valence-corrected chi connectivity index (χ1v) is 8.28. The predicted octanol–water partition coefficient (Wildman–Crippen LogP) is 0.970. The Morgan fingerprint density at radius 3 is 2.21 bits per heavy atom. The topological polar surface area (TPSA) is 127 Å². The summed E-state index contributed by atoms with van der Waals surface area (Å²) in [6.45, 7) is -0.521. The Bertz CT molecular complexity index is 1140. The molecular weight excluding hydrogens is 382 g/mol. The highest BCUT2D eigenvalue weighted by Crippen LogP contribution is 2.19. The number of esters is 3. The van der Waals surface area contributed by atoms with Gasteiger partial charge in [-0.3, -0.25) is 4.79 Å². The third-order valence-electron chi connectivity index (χ3n) is 3.89. The van der Waals surface area contributed by atoms with Crippen LogP contribution >= 0.6 is 0 Å². The molecule has 1 heterocycles. The molecule has 10 nitrogen and oxygen atoms in total. The Kier molecular flexibility index (Phi) is 5.63. The minimum Gasteiger partial charge on any atom is -0.465 e. The molecule has 10 heteroatoms. The number of aromatic nitrogens is 3. The van der Waals surface area contributed by atoms with E-state index in [2.05, 4.69) is 19.8 Å². The molecule has 29 heavy (non-hydrogen) atoms. The number of hydrogen-bond donors (Lipinski definition) is 0. The molecule has 0 radical (unpaired) electrons. The van der Waals surface area contributed by atoms with Gasteiger partial charge in [-0.2, -0.15) is 4.68 Å². The Morgan fingerprint density at radius 1 is 0.966 bits per heavy atom. The Balaban J connectivity index is 1.87. The van der Waals surface area contributed by atoms with E-state index in [-0.39, 0.29) is 16.9 Å². The number of ether oxygens (including phenoxy) is 3. The van der Waals surface area contributed by atoms with Crippen LogP contribution < -0.4 is 10.3 Å². The van der Waals surface area contributed by atoms with Crippen LogP contribution in [0.3, 0.4) is 0 Å². The summed E-state index contributed by atoms with van der Waals surface area (Å²) >= 11 is 0. The highest BCUT2D eigenvalue weighted by Gasteiger charge is 2.17. The van der Waals surface area contributed by atoms with Crippen molar-refractivity contribution in [3.63, 3.8) is 0 Å². The molecule has 1 aromatic heterocycles. The van der Waals surface area contributed by atoms with Crippen LogP contribution in [0.1, 0.15) is 20.7 Å². The van der Waals surface area contributed by atoms with Gasteiger partial charge in [0, 0.05) is 0 Å². The van der Waals surface area contributed by atoms with Gasteiger partial charge < -0.3 is 14.2 Å². The summed E-state index contributed by atoms with van der Waals surface area (Å²) < 4.78 is 15.3. The van der Waals surface area contributed by atoms with Gasteiger partial charge in [-0.15, -0.1) is 5.10 Å². The Morgan fingerprint density at radius 2 is 1.59 bits per heavy atom. The molecule has 0 aliphatic rings. The second-order valence-corrected chi connectivity index (χ2v) is 5.77. The highest BCUT2D eigenvalue weighted by atomic mass is 16.5. The van der Waals surface area contributed by atoms with Crippen LogP contribution in [0.4, 0.5) is 0 Å². The van der Waals surface area contributed by atoms with Crippen LogP contribution in [0.25, 0.3) is 10.9 Å². The molecule has 0 aliphatic heterocycles. The third kappa shape index (κ3) is 4.26. The predicted molar refractivity (Wildman–Crippen MR) is 98.6 cm³/mol. The summed E-state index contributed by atoms with van der Waals surface area (Å²) in [7, 11) is 2.34. The van der Waals surface area contributed by atoms with E-state index >= 15 is 0 Å². The van der Waals surface area contributed by atoms with E-state index in [0.717, 1.165) is 4.68 Å². The first-order chi connectivity index (χ1) is 13.9. The van der Waals surface area contributed by atoms with Crippen molar-refractivity contribution in [3.8, 4) is 5.75 Å². The quantitative estimate of drug-likeness (QED) is 0.457. The van der Waals surface area contributed by atoms with Crippen LogP contribution in [0.15, 0.2) is 47.3 Å². The largest absolute Gasteiger partial charge is 0.465 e. The lowest BCUT2D eigenvalue weighted by Gasteiger charge is -2.09. The van der Waals surface area contributed by atoms with Gasteiger partial charge in [0.25, 0.3) is 5.56 Å². The first-order valence-electron chi connectivity index (χ1n) is 8.28. The van der Waals surface area contributed by atoms with E-state index in [9.17, 15) is 19.2 Å². The van der Waals surface area contributed by atoms with Crippen LogP contribution in [-0.4, -0.2) is 47.1 Å². The average Bonchev–Trinajstić information content (AvgIpc) is 2.74. The summed E-state index contributed by atoms with van der Waals surface area (Å²) in [5.74, 6) is -2.41. The number of carbonyl (C=O) groups excluding carboxylic acids is 3. The maximum atomic E-state index is 12.4. The SMILES string of the molecule is COC(=O)c1cc(OC(=O)Cn2nnc3ccccc3c2=O)cc(C(=O)OC)c1. The van der Waals surface area contributed by atoms with Crippen molar-refractivity contribution < 1.29 is 28.6 Å². The molecule has 2 aromatic carbocycles. The van der Waals surface area contributed by atoms with Crippen LogP contribution in [0.2, 0.25) is 0 Å². The highest BCUT2D eigenvalue weighted by molar-refractivity contribution is 5.96. The minimum absolute atomic E-state index is 0.0131. The van der Waals surface area contributed by atoms with Crippen molar-refractivity contribution in [3.05, 3.63) is 63.9 Å². The Labute approximate surface area is 163 Å². The van der Waals surface area contributed by atoms with Crippen molar-refractivity contribution >= 4 is 28.8 Å². The second-order valence-electron chi connectivity index (χ2n) is 5.77. The van der Waals surface area contributed by atoms with E-state index in [1.165, 1.54) is 32.4 Å². The van der Waals surface area contributed by atoms with E-state index in [1.54, 1.807) is 24.3 Å². The maximum Gasteiger partial charge on any atom is 0.338 e. The number of benzene rings is 2. The van der Waals surface area contributed by atoms with Gasteiger partial charge in [-0.1, -0.05) is 17.3 Å². The lowest BCUT2D eigenvalue weighted by Crippen LogP contribution is -2.29. The number of nitrogens with zero attached hydrogens (tertiary/aromatic N) is 3. The molecule has 0 spiro atoms. The van der Waals surface area contributed by atoms with E-state index in [1.807, 2.05) is 0 Å². The van der Waals surface area contributed by atoms with Gasteiger partial charge in [-0.25, -0.2) is 14.4 Å². The maximum absolute atomic E-state index is 12.4. The standard InChI is InChI=1S/C19H15N3O7/c1-27-18(25)11-7-12(19(26)28-2)9-13(8-11)29-16(23)10-22-17(24)14-5-3-4-6-15(14)20-21-22/h3-9H,10H2,1-2H3. The fraction of sp³-hybridized carbons (Fsp3) is 0.158. The first kappa shape index (κ1) is 19.7. The zero-order chi connectivity index (χ0) is 21.0. The zero-order valence-corrected chi connectivity index (χ0v) is 15.4. The summed E-state index contributed by atoms with van der Waals surface area (Å²) in [4.78, 5) is 48.3. The summed E-state index contributed by atoms with van der Waals surface area (Å²) in [5, 5.41) is 7.89. The van der Waals surface area contributed by atoms with Crippen molar-refractivity contribution in [2.24, 2.45) is 0 Å². The summed E-state index contributed by atoms with van der Waals surface area (Å²) in [6.07, 6.45) is 0. The van der Waals surface area contributed by atoms with Gasteiger partial charge in [0.15, 0.2) is 0 Å². The van der Waals surface area contributed by atoms with Crippen LogP contribution in [0, 0.1) is 0 Å². The van der Waals surface area contributed by atoms with E-state index in [0.29, 0.717) is 10.9 Å². The molecule has 3 rings (SSSR count). The minimum atomic E-state index is -0.852. The fourth-order valence-electron chi connectivity index (χ4n) is 2.54. The molecule has 0 saturated carbocycles. The fourth-order valence-corrected chi connectivity index (χ4v) is 2.54. The summed E-state index contributed by atoms with van der Waals surface area (Å²) in [6, 6.07) is 10.3. The van der Waals surface area contributed by atoms with Gasteiger partial charge in [0.05, 0.1) is 30.7 Å². The van der Waals surface area contributed by atoms with Gasteiger partial charge in [0.2, 0.25) is 0 Å². The lowest BCUT2D eigenvalue weighted by atomic mass is 10.1. The molecule has 0 unspecified atom stereocenters. The van der Waals surface area contributed by atoms with Gasteiger partial charge in [-0.05, 0) is 30.3 Å². The Hall–Kier alpha value is -4.08. The molecule has 3 aromatic rings. The number of hydrogen-bond acceptors (Lipinski definition) is 9. The third-order valence-corrected chi connectivity index (χ3v) is 3.89. The molecule has 0 aliphatic carbocycles. The van der Waals surface area contributed by atoms with Crippen molar-refractivity contribution in [2.45, 2.75) is 6.54 Å². The average molecular weight is 397 g/mol. The number of fused-ring (bicyclic) bond motifs is 1. The van der Waals surface area contributed by atoms with E-state index < -0.39 is 30.0 Å². The molecule has 0 bridgehead atoms. The molecule has 148 valence electrons. The zero-order valence-electron chi connectivity index (χ0n) is 15.4. The molecule has 0 atom stereocenters. The number of rotatable bonds is 5. The monoisotopic (exact) mass is 397 g/mol. The molecule has 0 amide bonds. The van der Waals surface area contributed by atoms with Crippen LogP contribution in [-0.2, 0) is 20.8 Å².